The van der Waals surface area contributed by atoms with Gasteiger partial charge in [0.25, 0.3) is 0 Å². The molecule has 0 aromatic heterocycles. The number of hydrogen-bond donors (Lipinski definition) is 1. The Bertz CT molecular complexity index is 536. The quantitative estimate of drug-likeness (QED) is 0.829. The van der Waals surface area contributed by atoms with Gasteiger partial charge in [-0.3, -0.25) is 4.79 Å². The van der Waals surface area contributed by atoms with Crippen LogP contribution >= 0.6 is 0 Å². The van der Waals surface area contributed by atoms with Gasteiger partial charge in [0.2, 0.25) is 5.60 Å². The molecule has 1 heterocycles. The number of rotatable bonds is 2. The highest BCUT2D eigenvalue weighted by Crippen LogP contribution is 2.54. The summed E-state index contributed by atoms with van der Waals surface area (Å²) in [6.45, 7) is 0. The van der Waals surface area contributed by atoms with Crippen LogP contribution in [-0.4, -0.2) is 29.6 Å². The number of carbonyl (C=O) groups excluding carboxylic acids is 1. The summed E-state index contributed by atoms with van der Waals surface area (Å²) in [5.41, 5.74) is -0.902. The van der Waals surface area contributed by atoms with Gasteiger partial charge >= 0.3 is 5.97 Å². The third-order valence-corrected chi connectivity index (χ3v) is 3.33. The molecular formula is C12H10O5. The molecular weight excluding hydrogens is 224 g/mol. The lowest BCUT2D eigenvalue weighted by Crippen LogP contribution is -2.37. The molecule has 1 N–H and O–H groups in total. The lowest BCUT2D eigenvalue weighted by atomic mass is 10.0. The number of carboxylic acid groups (broad SMARTS) is 1. The number of ketones is 1. The molecule has 0 radical (unpaired) electrons. The van der Waals surface area contributed by atoms with E-state index in [1.54, 1.807) is 18.2 Å². The van der Waals surface area contributed by atoms with Gasteiger partial charge in [-0.15, -0.1) is 0 Å². The Hall–Kier alpha value is -2.04. The minimum absolute atomic E-state index is 0.156. The fourth-order valence-electron chi connectivity index (χ4n) is 2.24. The van der Waals surface area contributed by atoms with E-state index in [9.17, 15) is 9.59 Å². The second-order valence-electron chi connectivity index (χ2n) is 4.28. The normalized spacial score (nSPS) is 28.8. The van der Waals surface area contributed by atoms with Crippen molar-refractivity contribution in [3.8, 4) is 11.5 Å². The second kappa shape index (κ2) is 3.00. The molecule has 5 heteroatoms. The first kappa shape index (κ1) is 10.1. The Kier molecular flexibility index (Phi) is 1.79. The number of ether oxygens (including phenoxy) is 2. The maximum atomic E-state index is 12.0. The highest BCUT2D eigenvalue weighted by Gasteiger charge is 2.69. The van der Waals surface area contributed by atoms with Crippen LogP contribution in [0.4, 0.5) is 0 Å². The van der Waals surface area contributed by atoms with Crippen LogP contribution in [0.5, 0.6) is 11.5 Å². The molecule has 1 fully saturated rings. The zero-order valence-electron chi connectivity index (χ0n) is 9.10. The maximum absolute atomic E-state index is 12.0. The van der Waals surface area contributed by atoms with Gasteiger partial charge in [-0.05, 0) is 12.1 Å². The molecule has 0 saturated heterocycles. The first-order valence-electron chi connectivity index (χ1n) is 5.23. The van der Waals surface area contributed by atoms with Crippen molar-refractivity contribution in [2.45, 2.75) is 12.0 Å². The van der Waals surface area contributed by atoms with E-state index in [1.165, 1.54) is 7.11 Å². The number of aliphatic carboxylic acids is 1. The third-order valence-electron chi connectivity index (χ3n) is 3.33. The van der Waals surface area contributed by atoms with E-state index in [-0.39, 0.29) is 12.2 Å². The minimum Gasteiger partial charge on any atom is -0.497 e. The van der Waals surface area contributed by atoms with E-state index in [0.29, 0.717) is 17.1 Å². The first-order valence-corrected chi connectivity index (χ1v) is 5.23. The Morgan fingerprint density at radius 2 is 2.35 bits per heavy atom. The average molecular weight is 234 g/mol. The van der Waals surface area contributed by atoms with E-state index >= 15 is 0 Å². The molecule has 0 bridgehead atoms. The number of hydrogen-bond acceptors (Lipinski definition) is 4. The third kappa shape index (κ3) is 1.19. The number of Topliss-reactive ketones (excluding diaryl/α,β-unsaturated/α-hetero) is 1. The van der Waals surface area contributed by atoms with Crippen molar-refractivity contribution in [3.05, 3.63) is 23.8 Å². The molecule has 0 amide bonds. The Morgan fingerprint density at radius 3 is 3.00 bits per heavy atom. The predicted molar refractivity (Wildman–Crippen MR) is 56.4 cm³/mol. The topological polar surface area (TPSA) is 72.8 Å². The van der Waals surface area contributed by atoms with Gasteiger partial charge < -0.3 is 14.6 Å². The predicted octanol–water partition coefficient (Wildman–Crippen LogP) is 1.11. The molecule has 2 atom stereocenters. The molecule has 1 aliphatic carbocycles. The van der Waals surface area contributed by atoms with Gasteiger partial charge in [-0.25, -0.2) is 4.79 Å². The van der Waals surface area contributed by atoms with E-state index in [2.05, 4.69) is 0 Å². The van der Waals surface area contributed by atoms with Crippen molar-refractivity contribution in [3.63, 3.8) is 0 Å². The zero-order valence-corrected chi connectivity index (χ0v) is 9.10. The molecule has 3 rings (SSSR count). The van der Waals surface area contributed by atoms with Crippen molar-refractivity contribution in [1.82, 2.24) is 0 Å². The molecule has 1 aromatic carbocycles. The number of carbonyl (C=O) groups is 2. The zero-order chi connectivity index (χ0) is 12.2. The number of carboxylic acids is 1. The van der Waals surface area contributed by atoms with E-state index in [1.807, 2.05) is 0 Å². The highest BCUT2D eigenvalue weighted by atomic mass is 16.5. The number of methoxy groups -OCH3 is 1. The molecule has 88 valence electrons. The van der Waals surface area contributed by atoms with Crippen LogP contribution in [0.1, 0.15) is 16.8 Å². The molecule has 0 spiro atoms. The lowest BCUT2D eigenvalue weighted by molar-refractivity contribution is -0.148. The van der Waals surface area contributed by atoms with Crippen LogP contribution in [0.3, 0.4) is 0 Å². The summed E-state index contributed by atoms with van der Waals surface area (Å²) in [4.78, 5) is 23.1. The highest BCUT2D eigenvalue weighted by molar-refractivity contribution is 6.09. The van der Waals surface area contributed by atoms with Gasteiger partial charge in [-0.1, -0.05) is 0 Å². The van der Waals surface area contributed by atoms with Gasteiger partial charge in [0.15, 0.2) is 5.78 Å². The largest absolute Gasteiger partial charge is 0.497 e. The van der Waals surface area contributed by atoms with E-state index in [0.717, 1.165) is 0 Å². The Labute approximate surface area is 97.0 Å². The molecule has 0 unspecified atom stereocenters. The monoisotopic (exact) mass is 234 g/mol. The van der Waals surface area contributed by atoms with Crippen LogP contribution in [0.2, 0.25) is 0 Å². The van der Waals surface area contributed by atoms with E-state index in [4.69, 9.17) is 14.6 Å². The fourth-order valence-corrected chi connectivity index (χ4v) is 2.24. The summed E-state index contributed by atoms with van der Waals surface area (Å²) in [6.07, 6.45) is 0.248. The summed E-state index contributed by atoms with van der Waals surface area (Å²) in [6, 6.07) is 4.82. The van der Waals surface area contributed by atoms with Gasteiger partial charge in [-0.2, -0.15) is 0 Å². The van der Waals surface area contributed by atoms with E-state index < -0.39 is 17.5 Å². The van der Waals surface area contributed by atoms with Gasteiger partial charge in [0, 0.05) is 12.5 Å². The fraction of sp³-hybridized carbons (Fsp3) is 0.333. The van der Waals surface area contributed by atoms with Crippen molar-refractivity contribution in [2.75, 3.05) is 7.11 Å². The molecule has 1 aliphatic heterocycles. The van der Waals surface area contributed by atoms with Gasteiger partial charge in [0.05, 0.1) is 18.6 Å². The second-order valence-corrected chi connectivity index (χ2v) is 4.28. The Morgan fingerprint density at radius 1 is 1.59 bits per heavy atom. The van der Waals surface area contributed by atoms with Crippen LogP contribution < -0.4 is 9.47 Å². The summed E-state index contributed by atoms with van der Waals surface area (Å²) in [7, 11) is 1.50. The van der Waals surface area contributed by atoms with Crippen LogP contribution in [0, 0.1) is 5.92 Å². The van der Waals surface area contributed by atoms with Crippen LogP contribution in [0.15, 0.2) is 18.2 Å². The van der Waals surface area contributed by atoms with Crippen LogP contribution in [0.25, 0.3) is 0 Å². The maximum Gasteiger partial charge on any atom is 0.348 e. The standard InChI is InChI=1S/C12H10O5/c1-16-6-2-3-7-9(4-6)17-12(11(14)15)5-8(12)10(7)13/h2-4,8H,5H2,1H3,(H,14,15)/t8-,12-/m1/s1. The smallest absolute Gasteiger partial charge is 0.348 e. The summed E-state index contributed by atoms with van der Waals surface area (Å²) < 4.78 is 10.5. The molecule has 1 aromatic rings. The number of fused-ring (bicyclic) bond motifs is 2. The summed E-state index contributed by atoms with van der Waals surface area (Å²) >= 11 is 0. The lowest BCUT2D eigenvalue weighted by Gasteiger charge is -2.22. The average Bonchev–Trinajstić information content (AvgIpc) is 3.05. The van der Waals surface area contributed by atoms with Crippen molar-refractivity contribution < 1.29 is 24.2 Å². The van der Waals surface area contributed by atoms with Crippen molar-refractivity contribution >= 4 is 11.8 Å². The number of benzene rings is 1. The minimum atomic E-state index is -1.34. The Balaban J connectivity index is 2.08. The van der Waals surface area contributed by atoms with Crippen molar-refractivity contribution in [1.29, 1.82) is 0 Å². The SMILES string of the molecule is COc1ccc2c(c1)O[C@]1(C(=O)O)C[C@@H]1C2=O. The molecule has 5 nitrogen and oxygen atoms in total. The van der Waals surface area contributed by atoms with Crippen LogP contribution in [-0.2, 0) is 4.79 Å². The molecule has 17 heavy (non-hydrogen) atoms. The summed E-state index contributed by atoms with van der Waals surface area (Å²) in [5, 5.41) is 9.10. The molecule has 2 aliphatic rings. The molecule has 1 saturated carbocycles. The first-order chi connectivity index (χ1) is 8.08. The summed E-state index contributed by atoms with van der Waals surface area (Å²) in [5.74, 6) is -0.941. The van der Waals surface area contributed by atoms with Crippen molar-refractivity contribution in [2.24, 2.45) is 5.92 Å². The van der Waals surface area contributed by atoms with Gasteiger partial charge in [0.1, 0.15) is 11.5 Å².